The van der Waals surface area contributed by atoms with Gasteiger partial charge in [-0.25, -0.2) is 4.39 Å². The Morgan fingerprint density at radius 3 is 2.67 bits per heavy atom. The fourth-order valence-electron chi connectivity index (χ4n) is 0.895. The number of ether oxygens (including phenoxy) is 1. The van der Waals surface area contributed by atoms with Crippen molar-refractivity contribution >= 4 is 15.4 Å². The average molecular weight is 192 g/mol. The van der Waals surface area contributed by atoms with Crippen molar-refractivity contribution in [2.45, 2.75) is 12.1 Å². The van der Waals surface area contributed by atoms with Crippen LogP contribution in [0.3, 0.4) is 0 Å². The quantitative estimate of drug-likeness (QED) is 0.473. The Kier molecular flexibility index (Phi) is 2.73. The van der Waals surface area contributed by atoms with E-state index >= 15 is 0 Å². The van der Waals surface area contributed by atoms with E-state index in [1.165, 1.54) is 0 Å². The molecule has 1 heterocycles. The second-order valence-corrected chi connectivity index (χ2v) is 4.19. The van der Waals surface area contributed by atoms with Gasteiger partial charge in [0.1, 0.15) is 13.7 Å². The smallest absolute Gasteiger partial charge is 0.328 e. The van der Waals surface area contributed by atoms with Crippen LogP contribution in [-0.2, 0) is 9.30 Å². The lowest BCUT2D eigenvalue weighted by atomic mass is 10.0. The van der Waals surface area contributed by atoms with Crippen LogP contribution in [0.1, 0.15) is 0 Å². The van der Waals surface area contributed by atoms with Crippen molar-refractivity contribution < 1.29 is 23.5 Å². The van der Waals surface area contributed by atoms with E-state index in [2.05, 4.69) is 4.74 Å². The molecule has 12 heavy (non-hydrogen) atoms. The van der Waals surface area contributed by atoms with Gasteiger partial charge in [-0.3, -0.25) is 4.57 Å². The van der Waals surface area contributed by atoms with Gasteiger partial charge < -0.3 is 14.5 Å². The molecule has 0 fully saturated rings. The predicted octanol–water partition coefficient (Wildman–Crippen LogP) is -0.0891. The normalized spacial score (nSPS) is 30.4. The van der Waals surface area contributed by atoms with Crippen molar-refractivity contribution in [3.05, 3.63) is 11.9 Å². The Balaban J connectivity index is 2.54. The molecule has 0 bridgehead atoms. The molecule has 1 aliphatic rings. The van der Waals surface area contributed by atoms with Crippen molar-refractivity contribution in [1.29, 1.82) is 0 Å². The molecule has 66 valence electrons. The predicted molar refractivity (Wildman–Crippen MR) is 40.5 cm³/mol. The van der Waals surface area contributed by atoms with Gasteiger partial charge in [-0.2, -0.15) is 0 Å². The maximum Gasteiger partial charge on any atom is 0.328 e. The average Bonchev–Trinajstić information content (AvgIpc) is 2.07. The van der Waals surface area contributed by atoms with Crippen LogP contribution in [0.15, 0.2) is 11.9 Å². The van der Waals surface area contributed by atoms with E-state index in [1.807, 2.05) is 0 Å². The highest BCUT2D eigenvalue weighted by molar-refractivity contribution is 7.51. The van der Waals surface area contributed by atoms with Gasteiger partial charge in [-0.15, -0.1) is 0 Å². The minimum atomic E-state index is -4.16. The molecule has 0 aromatic heterocycles. The fraction of sp³-hybridized carbons (Fsp3) is 0.600. The molecule has 0 spiro atoms. The fourth-order valence-corrected chi connectivity index (χ4v) is 1.56. The molecule has 2 unspecified atom stereocenters. The number of hydrogen-bond acceptors (Lipinski definition) is 2. The van der Waals surface area contributed by atoms with Gasteiger partial charge in [-0.05, 0) is 6.08 Å². The summed E-state index contributed by atoms with van der Waals surface area (Å²) < 4.78 is 27.6. The molecule has 2 N–H and O–H groups in total. The maximum absolute atomic E-state index is 12.5. The van der Waals surface area contributed by atoms with Crippen LogP contribution in [0, 0.1) is 0 Å². The number of rotatable bonds is 2. The minimum Gasteiger partial charge on any atom is -0.373 e. The zero-order valence-electron chi connectivity index (χ0n) is 6.05. The molecule has 7 heteroatoms. The van der Waals surface area contributed by atoms with E-state index in [-0.39, 0.29) is 0 Å². The van der Waals surface area contributed by atoms with Gasteiger partial charge in [0.25, 0.3) is 0 Å². The Morgan fingerprint density at radius 2 is 2.33 bits per heavy atom. The topological polar surface area (TPSA) is 66.8 Å². The second-order valence-electron chi connectivity index (χ2n) is 2.49. The highest BCUT2D eigenvalue weighted by Gasteiger charge is 2.28. The number of hydrogen-bond donors (Lipinski definition) is 2. The molecule has 0 aliphatic carbocycles. The van der Waals surface area contributed by atoms with Gasteiger partial charge in [0, 0.05) is 0 Å². The molecular formula is C5H7BFO4P. The molecule has 2 atom stereocenters. The van der Waals surface area contributed by atoms with Crippen molar-refractivity contribution in [2.75, 3.05) is 6.16 Å². The van der Waals surface area contributed by atoms with Crippen LogP contribution < -0.4 is 0 Å². The zero-order chi connectivity index (χ0) is 9.35. The summed E-state index contributed by atoms with van der Waals surface area (Å²) in [4.78, 5) is 17.0. The van der Waals surface area contributed by atoms with Crippen LogP contribution in [0.2, 0.25) is 0 Å². The SMILES string of the molecule is [B]C1OC(CP(=O)(O)O)C=C1F. The zero-order valence-corrected chi connectivity index (χ0v) is 6.95. The Morgan fingerprint density at radius 1 is 1.75 bits per heavy atom. The summed E-state index contributed by atoms with van der Waals surface area (Å²) >= 11 is 0. The summed E-state index contributed by atoms with van der Waals surface area (Å²) in [6, 6.07) is -1.18. The van der Waals surface area contributed by atoms with Crippen molar-refractivity contribution in [1.82, 2.24) is 0 Å². The third-order valence-electron chi connectivity index (χ3n) is 1.36. The van der Waals surface area contributed by atoms with E-state index < -0.39 is 31.7 Å². The lowest BCUT2D eigenvalue weighted by molar-refractivity contribution is 0.104. The molecule has 0 saturated carbocycles. The summed E-state index contributed by atoms with van der Waals surface area (Å²) in [7, 11) is 0.909. The Bertz CT molecular complexity index is 250. The van der Waals surface area contributed by atoms with Crippen LogP contribution in [0.25, 0.3) is 0 Å². The summed E-state index contributed by atoms with van der Waals surface area (Å²) in [5.41, 5.74) is 0. The van der Waals surface area contributed by atoms with Crippen LogP contribution in [0.5, 0.6) is 0 Å². The molecular weight excluding hydrogens is 185 g/mol. The van der Waals surface area contributed by atoms with Crippen molar-refractivity contribution in [3.63, 3.8) is 0 Å². The van der Waals surface area contributed by atoms with E-state index in [0.29, 0.717) is 0 Å². The highest BCUT2D eigenvalue weighted by Crippen LogP contribution is 2.38. The van der Waals surface area contributed by atoms with E-state index in [4.69, 9.17) is 17.6 Å². The summed E-state index contributed by atoms with van der Waals surface area (Å²) in [6.45, 7) is 0. The first-order valence-electron chi connectivity index (χ1n) is 3.21. The molecule has 0 saturated heterocycles. The van der Waals surface area contributed by atoms with Gasteiger partial charge in [0.15, 0.2) is 0 Å². The largest absolute Gasteiger partial charge is 0.373 e. The Labute approximate surface area is 70.0 Å². The first kappa shape index (κ1) is 9.93. The van der Waals surface area contributed by atoms with E-state index in [0.717, 1.165) is 6.08 Å². The molecule has 0 aromatic carbocycles. The van der Waals surface area contributed by atoms with Gasteiger partial charge in [0.2, 0.25) is 0 Å². The van der Waals surface area contributed by atoms with Gasteiger partial charge >= 0.3 is 7.60 Å². The minimum absolute atomic E-state index is 0.534. The van der Waals surface area contributed by atoms with Crippen LogP contribution in [0.4, 0.5) is 4.39 Å². The molecule has 0 amide bonds. The molecule has 1 rings (SSSR count). The Hall–Kier alpha value is -0.155. The monoisotopic (exact) mass is 192 g/mol. The maximum atomic E-state index is 12.5. The third kappa shape index (κ3) is 2.71. The lowest BCUT2D eigenvalue weighted by Crippen LogP contribution is -2.16. The van der Waals surface area contributed by atoms with Gasteiger partial charge in [0.05, 0.1) is 18.3 Å². The summed E-state index contributed by atoms with van der Waals surface area (Å²) in [5.74, 6) is -0.687. The molecule has 4 nitrogen and oxygen atoms in total. The summed E-state index contributed by atoms with van der Waals surface area (Å²) in [5, 5.41) is 0. The molecule has 1 aliphatic heterocycles. The molecule has 2 radical (unpaired) electrons. The van der Waals surface area contributed by atoms with Crippen molar-refractivity contribution in [3.8, 4) is 0 Å². The second kappa shape index (κ2) is 3.30. The summed E-state index contributed by atoms with van der Waals surface area (Å²) in [6.07, 6.45) is -0.474. The lowest BCUT2D eigenvalue weighted by Gasteiger charge is -2.11. The number of halogens is 1. The van der Waals surface area contributed by atoms with Crippen LogP contribution in [-0.4, -0.2) is 35.9 Å². The first-order chi connectivity index (χ1) is 5.38. The van der Waals surface area contributed by atoms with E-state index in [9.17, 15) is 8.96 Å². The van der Waals surface area contributed by atoms with Crippen molar-refractivity contribution in [2.24, 2.45) is 0 Å². The molecule has 0 aromatic rings. The first-order valence-corrected chi connectivity index (χ1v) is 5.01. The highest BCUT2D eigenvalue weighted by atomic mass is 31.2. The third-order valence-corrected chi connectivity index (χ3v) is 2.19. The standard InChI is InChI=1S/C5H7BFO4P/c6-5-4(7)1-3(11-5)2-12(8,9)10/h1,3,5H,2H2,(H2,8,9,10). The van der Waals surface area contributed by atoms with Crippen LogP contribution >= 0.6 is 7.60 Å². The van der Waals surface area contributed by atoms with E-state index in [1.54, 1.807) is 0 Å². The van der Waals surface area contributed by atoms with Gasteiger partial charge in [-0.1, -0.05) is 0 Å².